The van der Waals surface area contributed by atoms with Crippen LogP contribution in [0.25, 0.3) is 0 Å². The van der Waals surface area contributed by atoms with Crippen molar-refractivity contribution in [2.45, 2.75) is 25.3 Å². The van der Waals surface area contributed by atoms with Crippen LogP contribution in [0.2, 0.25) is 0 Å². The SMILES string of the molecule is Cc1ccc(C)c(S(=O)(=O)NCc2cccnn2)c1N. The van der Waals surface area contributed by atoms with Crippen molar-refractivity contribution in [2.24, 2.45) is 0 Å². The number of hydrogen-bond acceptors (Lipinski definition) is 5. The molecule has 0 saturated carbocycles. The second-order valence-corrected chi connectivity index (χ2v) is 6.19. The third-order valence-electron chi connectivity index (χ3n) is 2.95. The first-order valence-corrected chi connectivity index (χ1v) is 7.52. The molecular weight excluding hydrogens is 276 g/mol. The summed E-state index contributed by atoms with van der Waals surface area (Å²) < 4.78 is 27.2. The number of anilines is 1. The molecule has 0 aliphatic carbocycles. The van der Waals surface area contributed by atoms with E-state index in [2.05, 4.69) is 14.9 Å². The molecule has 0 fully saturated rings. The van der Waals surface area contributed by atoms with Gasteiger partial charge in [0.1, 0.15) is 4.90 Å². The van der Waals surface area contributed by atoms with Gasteiger partial charge in [-0.25, -0.2) is 13.1 Å². The first-order chi connectivity index (χ1) is 9.42. The summed E-state index contributed by atoms with van der Waals surface area (Å²) >= 11 is 0. The zero-order valence-corrected chi connectivity index (χ0v) is 12.1. The molecule has 3 N–H and O–H groups in total. The number of benzene rings is 1. The van der Waals surface area contributed by atoms with Crippen molar-refractivity contribution in [3.63, 3.8) is 0 Å². The van der Waals surface area contributed by atoms with Gasteiger partial charge in [-0.05, 0) is 37.1 Å². The summed E-state index contributed by atoms with van der Waals surface area (Å²) in [4.78, 5) is 0.126. The van der Waals surface area contributed by atoms with Crippen LogP contribution in [-0.4, -0.2) is 18.6 Å². The van der Waals surface area contributed by atoms with Crippen molar-refractivity contribution < 1.29 is 8.42 Å². The Morgan fingerprint density at radius 1 is 1.20 bits per heavy atom. The highest BCUT2D eigenvalue weighted by atomic mass is 32.2. The van der Waals surface area contributed by atoms with E-state index in [1.165, 1.54) is 6.20 Å². The lowest BCUT2D eigenvalue weighted by Crippen LogP contribution is -2.25. The number of nitrogens with zero attached hydrogens (tertiary/aromatic N) is 2. The average Bonchev–Trinajstić information content (AvgIpc) is 2.42. The zero-order chi connectivity index (χ0) is 14.8. The monoisotopic (exact) mass is 292 g/mol. The predicted octanol–water partition coefficient (Wildman–Crippen LogP) is 1.15. The number of hydrogen-bond donors (Lipinski definition) is 2. The molecule has 20 heavy (non-hydrogen) atoms. The highest BCUT2D eigenvalue weighted by Gasteiger charge is 2.21. The lowest BCUT2D eigenvalue weighted by Gasteiger charge is -2.13. The molecule has 6 nitrogen and oxygen atoms in total. The summed E-state index contributed by atoms with van der Waals surface area (Å²) in [6, 6.07) is 6.93. The van der Waals surface area contributed by atoms with Crippen LogP contribution < -0.4 is 10.5 Å². The number of aryl methyl sites for hydroxylation is 2. The fourth-order valence-corrected chi connectivity index (χ4v) is 3.26. The summed E-state index contributed by atoms with van der Waals surface area (Å²) in [5, 5.41) is 7.53. The van der Waals surface area contributed by atoms with Crippen LogP contribution in [0.15, 0.2) is 35.4 Å². The third kappa shape index (κ3) is 2.94. The Labute approximate surface area is 118 Å². The molecule has 0 aliphatic rings. The first-order valence-electron chi connectivity index (χ1n) is 6.04. The minimum absolute atomic E-state index is 0.0724. The van der Waals surface area contributed by atoms with Gasteiger partial charge in [-0.2, -0.15) is 10.2 Å². The van der Waals surface area contributed by atoms with Gasteiger partial charge in [0.25, 0.3) is 0 Å². The van der Waals surface area contributed by atoms with Crippen LogP contribution in [-0.2, 0) is 16.6 Å². The number of nitrogen functional groups attached to an aromatic ring is 1. The molecule has 1 aromatic carbocycles. The molecule has 7 heteroatoms. The predicted molar refractivity (Wildman–Crippen MR) is 76.4 cm³/mol. The maximum Gasteiger partial charge on any atom is 0.243 e. The molecular formula is C13H16N4O2S. The Kier molecular flexibility index (Phi) is 4.01. The Morgan fingerprint density at radius 3 is 2.55 bits per heavy atom. The number of sulfonamides is 1. The van der Waals surface area contributed by atoms with Crippen molar-refractivity contribution in [1.82, 2.24) is 14.9 Å². The summed E-state index contributed by atoms with van der Waals surface area (Å²) in [7, 11) is -3.69. The van der Waals surface area contributed by atoms with Crippen LogP contribution in [0.1, 0.15) is 16.8 Å². The number of nitrogens with two attached hydrogens (primary N) is 1. The number of aromatic nitrogens is 2. The first kappa shape index (κ1) is 14.4. The largest absolute Gasteiger partial charge is 0.397 e. The average molecular weight is 292 g/mol. The van der Waals surface area contributed by atoms with Gasteiger partial charge in [0, 0.05) is 6.20 Å². The lowest BCUT2D eigenvalue weighted by molar-refractivity contribution is 0.579. The van der Waals surface area contributed by atoms with Crippen molar-refractivity contribution in [3.05, 3.63) is 47.3 Å². The van der Waals surface area contributed by atoms with Crippen LogP contribution >= 0.6 is 0 Å². The Hall–Kier alpha value is -1.99. The molecule has 0 unspecified atom stereocenters. The smallest absolute Gasteiger partial charge is 0.243 e. The van der Waals surface area contributed by atoms with Crippen LogP contribution in [0.4, 0.5) is 5.69 Å². The normalized spacial score (nSPS) is 11.5. The molecule has 0 aliphatic heterocycles. The van der Waals surface area contributed by atoms with Gasteiger partial charge in [0.15, 0.2) is 0 Å². The van der Waals surface area contributed by atoms with Crippen LogP contribution in [0.5, 0.6) is 0 Å². The van der Waals surface area contributed by atoms with E-state index in [0.29, 0.717) is 11.3 Å². The maximum atomic E-state index is 12.4. The molecule has 0 saturated heterocycles. The summed E-state index contributed by atoms with van der Waals surface area (Å²) in [6.07, 6.45) is 1.53. The van der Waals surface area contributed by atoms with Gasteiger partial charge in [0.05, 0.1) is 17.9 Å². The van der Waals surface area contributed by atoms with Crippen molar-refractivity contribution >= 4 is 15.7 Å². The van der Waals surface area contributed by atoms with E-state index >= 15 is 0 Å². The Bertz CT molecular complexity index is 715. The second-order valence-electron chi connectivity index (χ2n) is 4.48. The molecule has 106 valence electrons. The third-order valence-corrected chi connectivity index (χ3v) is 4.55. The quantitative estimate of drug-likeness (QED) is 0.824. The summed E-state index contributed by atoms with van der Waals surface area (Å²) in [5.74, 6) is 0. The van der Waals surface area contributed by atoms with Crippen molar-refractivity contribution in [3.8, 4) is 0 Å². The molecule has 0 atom stereocenters. The summed E-state index contributed by atoms with van der Waals surface area (Å²) in [5.41, 5.74) is 8.05. The molecule has 1 aromatic heterocycles. The minimum atomic E-state index is -3.69. The van der Waals surface area contributed by atoms with E-state index in [9.17, 15) is 8.42 Å². The van der Waals surface area contributed by atoms with E-state index in [1.807, 2.05) is 0 Å². The fraction of sp³-hybridized carbons (Fsp3) is 0.231. The van der Waals surface area contributed by atoms with Crippen molar-refractivity contribution in [2.75, 3.05) is 5.73 Å². The highest BCUT2D eigenvalue weighted by molar-refractivity contribution is 7.89. The van der Waals surface area contributed by atoms with E-state index < -0.39 is 10.0 Å². The van der Waals surface area contributed by atoms with Crippen LogP contribution in [0.3, 0.4) is 0 Å². The van der Waals surface area contributed by atoms with Crippen molar-refractivity contribution in [1.29, 1.82) is 0 Å². The van der Waals surface area contributed by atoms with Gasteiger partial charge < -0.3 is 5.73 Å². The van der Waals surface area contributed by atoms with E-state index in [-0.39, 0.29) is 17.1 Å². The molecule has 0 radical (unpaired) electrons. The van der Waals surface area contributed by atoms with Gasteiger partial charge in [0.2, 0.25) is 10.0 Å². The maximum absolute atomic E-state index is 12.4. The van der Waals surface area contributed by atoms with E-state index in [1.54, 1.807) is 38.1 Å². The highest BCUT2D eigenvalue weighted by Crippen LogP contribution is 2.25. The zero-order valence-electron chi connectivity index (χ0n) is 11.3. The Morgan fingerprint density at radius 2 is 1.90 bits per heavy atom. The Balaban J connectivity index is 2.30. The van der Waals surface area contributed by atoms with Gasteiger partial charge in [-0.3, -0.25) is 0 Å². The van der Waals surface area contributed by atoms with Gasteiger partial charge in [-0.15, -0.1) is 0 Å². The summed E-state index contributed by atoms with van der Waals surface area (Å²) in [6.45, 7) is 3.56. The van der Waals surface area contributed by atoms with Gasteiger partial charge >= 0.3 is 0 Å². The molecule has 2 rings (SSSR count). The van der Waals surface area contributed by atoms with Crippen LogP contribution in [0, 0.1) is 13.8 Å². The number of rotatable bonds is 4. The van der Waals surface area contributed by atoms with Gasteiger partial charge in [-0.1, -0.05) is 12.1 Å². The topological polar surface area (TPSA) is 98.0 Å². The molecule has 0 spiro atoms. The minimum Gasteiger partial charge on any atom is -0.397 e. The second kappa shape index (κ2) is 5.56. The standard InChI is InChI=1S/C13H16N4O2S/c1-9-5-6-10(2)13(12(9)14)20(18,19)16-8-11-4-3-7-15-17-11/h3-7,16H,8,14H2,1-2H3. The lowest BCUT2D eigenvalue weighted by atomic mass is 10.1. The van der Waals surface area contributed by atoms with E-state index in [0.717, 1.165) is 5.56 Å². The number of nitrogens with one attached hydrogen (secondary N) is 1. The molecule has 0 amide bonds. The molecule has 0 bridgehead atoms. The molecule has 2 aromatic rings. The fourth-order valence-electron chi connectivity index (χ4n) is 1.83. The van der Waals surface area contributed by atoms with E-state index in [4.69, 9.17) is 5.73 Å². The molecule has 1 heterocycles.